The smallest absolute Gasteiger partial charge is 0.241 e. The van der Waals surface area contributed by atoms with Crippen LogP contribution >= 0.6 is 0 Å². The van der Waals surface area contributed by atoms with Crippen LogP contribution in [0.25, 0.3) is 11.3 Å². The van der Waals surface area contributed by atoms with E-state index in [0.717, 1.165) is 22.4 Å². The molecule has 0 bridgehead atoms. The highest BCUT2D eigenvalue weighted by atomic mass is 32.2. The molecule has 5 rings (SSSR count). The molecule has 31 heavy (non-hydrogen) atoms. The third-order valence-electron chi connectivity index (χ3n) is 6.05. The summed E-state index contributed by atoms with van der Waals surface area (Å²) in [4.78, 5) is 18.7. The zero-order valence-electron chi connectivity index (χ0n) is 16.6. The van der Waals surface area contributed by atoms with Crippen molar-refractivity contribution in [2.75, 3.05) is 11.4 Å². The van der Waals surface area contributed by atoms with Gasteiger partial charge in [0.1, 0.15) is 10.7 Å². The van der Waals surface area contributed by atoms with Gasteiger partial charge >= 0.3 is 0 Å². The minimum atomic E-state index is -4.22. The highest BCUT2D eigenvalue weighted by molar-refractivity contribution is 7.89. The number of fused-ring (bicyclic) bond motifs is 2. The summed E-state index contributed by atoms with van der Waals surface area (Å²) in [6.07, 6.45) is 3.44. The number of halogens is 1. The summed E-state index contributed by atoms with van der Waals surface area (Å²) < 4.78 is 37.6. The Kier molecular flexibility index (Phi) is 4.64. The maximum Gasteiger partial charge on any atom is 0.241 e. The number of amides is 1. The fourth-order valence-electron chi connectivity index (χ4n) is 4.54. The number of hydrogen-bond donors (Lipinski definition) is 1. The number of nitrogens with zero attached hydrogens (tertiary/aromatic N) is 2. The van der Waals surface area contributed by atoms with Gasteiger partial charge in [0.25, 0.3) is 0 Å². The molecule has 1 aromatic heterocycles. The highest BCUT2D eigenvalue weighted by Crippen LogP contribution is 2.36. The number of carbonyl (C=O) groups excluding carboxylic acids is 1. The van der Waals surface area contributed by atoms with Crippen molar-refractivity contribution in [3.05, 3.63) is 77.2 Å². The van der Waals surface area contributed by atoms with Gasteiger partial charge in [0.15, 0.2) is 0 Å². The number of benzene rings is 2. The van der Waals surface area contributed by atoms with Gasteiger partial charge in [0.05, 0.1) is 5.69 Å². The van der Waals surface area contributed by atoms with E-state index in [1.807, 2.05) is 30.3 Å². The van der Waals surface area contributed by atoms with E-state index in [0.29, 0.717) is 37.1 Å². The lowest BCUT2D eigenvalue weighted by Crippen LogP contribution is -2.35. The SMILES string of the molecule is NS(=O)(=O)c1cc2c(cc1F)CCN2C(=O)[C@@H]1Cc2ccc(-c3ccccn3)cc2C1. The van der Waals surface area contributed by atoms with E-state index in [9.17, 15) is 17.6 Å². The fraction of sp³-hybridized carbons (Fsp3) is 0.217. The number of aromatic nitrogens is 1. The minimum Gasteiger partial charge on any atom is -0.312 e. The topological polar surface area (TPSA) is 93.4 Å². The van der Waals surface area contributed by atoms with Crippen LogP contribution in [-0.4, -0.2) is 25.9 Å². The molecule has 0 unspecified atom stereocenters. The summed E-state index contributed by atoms with van der Waals surface area (Å²) in [5, 5.41) is 5.14. The van der Waals surface area contributed by atoms with Crippen LogP contribution in [0.5, 0.6) is 0 Å². The molecule has 1 aliphatic heterocycles. The molecule has 2 N–H and O–H groups in total. The molecule has 6 nitrogen and oxygen atoms in total. The number of sulfonamides is 1. The number of rotatable bonds is 3. The van der Waals surface area contributed by atoms with Crippen LogP contribution in [0, 0.1) is 11.7 Å². The summed E-state index contributed by atoms with van der Waals surface area (Å²) in [7, 11) is -4.22. The quantitative estimate of drug-likeness (QED) is 0.682. The van der Waals surface area contributed by atoms with Gasteiger partial charge < -0.3 is 4.90 Å². The van der Waals surface area contributed by atoms with Crippen molar-refractivity contribution in [3.63, 3.8) is 0 Å². The second kappa shape index (κ2) is 7.25. The Morgan fingerprint density at radius 2 is 1.87 bits per heavy atom. The van der Waals surface area contributed by atoms with Gasteiger partial charge in [-0.1, -0.05) is 18.2 Å². The van der Waals surface area contributed by atoms with Crippen molar-refractivity contribution in [1.82, 2.24) is 4.98 Å². The molecule has 0 saturated heterocycles. The zero-order chi connectivity index (χ0) is 21.8. The van der Waals surface area contributed by atoms with Gasteiger partial charge in [-0.2, -0.15) is 0 Å². The molecule has 2 aliphatic rings. The predicted molar refractivity (Wildman–Crippen MR) is 114 cm³/mol. The molecule has 1 atom stereocenters. The van der Waals surface area contributed by atoms with Gasteiger partial charge in [0, 0.05) is 29.9 Å². The van der Waals surface area contributed by atoms with Gasteiger partial charge in [-0.3, -0.25) is 9.78 Å². The van der Waals surface area contributed by atoms with Crippen LogP contribution in [0.3, 0.4) is 0 Å². The number of nitrogens with two attached hydrogens (primary N) is 1. The van der Waals surface area contributed by atoms with E-state index in [-0.39, 0.29) is 11.8 Å². The molecule has 0 radical (unpaired) electrons. The van der Waals surface area contributed by atoms with Crippen molar-refractivity contribution >= 4 is 21.6 Å². The maximum atomic E-state index is 14.2. The molecular formula is C23H20FN3O3S. The predicted octanol–water partition coefficient (Wildman–Crippen LogP) is 2.84. The summed E-state index contributed by atoms with van der Waals surface area (Å²) in [5.74, 6) is -1.21. The van der Waals surface area contributed by atoms with E-state index >= 15 is 0 Å². The van der Waals surface area contributed by atoms with Gasteiger partial charge in [-0.15, -0.1) is 0 Å². The van der Waals surface area contributed by atoms with E-state index in [1.54, 1.807) is 11.1 Å². The van der Waals surface area contributed by atoms with E-state index < -0.39 is 20.7 Å². The van der Waals surface area contributed by atoms with Crippen molar-refractivity contribution < 1.29 is 17.6 Å². The van der Waals surface area contributed by atoms with Crippen molar-refractivity contribution in [2.45, 2.75) is 24.2 Å². The molecule has 158 valence electrons. The third kappa shape index (κ3) is 3.51. The fourth-order valence-corrected chi connectivity index (χ4v) is 5.15. The Hall–Kier alpha value is -3.10. The second-order valence-corrected chi connectivity index (χ2v) is 9.53. The van der Waals surface area contributed by atoms with Crippen LogP contribution in [0.2, 0.25) is 0 Å². The average Bonchev–Trinajstić information content (AvgIpc) is 3.35. The molecule has 1 amide bonds. The normalized spacial score (nSPS) is 17.5. The lowest BCUT2D eigenvalue weighted by atomic mass is 10.0. The van der Waals surface area contributed by atoms with E-state index in [1.165, 1.54) is 12.1 Å². The largest absolute Gasteiger partial charge is 0.312 e. The standard InChI is InChI=1S/C23H20FN3O3S/c24-19-12-16-6-8-27(21(16)13-22(19)31(25,29)30)23(28)18-9-14-4-5-15(10-17(14)11-18)20-3-1-2-7-26-20/h1-5,7,10,12-13,18H,6,8-9,11H2,(H2,25,29,30)/t18-/m1/s1. The molecule has 2 heterocycles. The molecule has 2 aromatic carbocycles. The van der Waals surface area contributed by atoms with Crippen LogP contribution in [-0.2, 0) is 34.1 Å². The maximum absolute atomic E-state index is 14.2. The Labute approximate surface area is 179 Å². The Morgan fingerprint density at radius 3 is 2.61 bits per heavy atom. The Bertz CT molecular complexity index is 1310. The number of primary sulfonamides is 1. The summed E-state index contributed by atoms with van der Waals surface area (Å²) in [5.41, 5.74) is 5.18. The molecule has 1 aliphatic carbocycles. The van der Waals surface area contributed by atoms with Crippen molar-refractivity contribution in [1.29, 1.82) is 0 Å². The van der Waals surface area contributed by atoms with Crippen molar-refractivity contribution in [2.24, 2.45) is 11.1 Å². The highest BCUT2D eigenvalue weighted by Gasteiger charge is 2.35. The van der Waals surface area contributed by atoms with Crippen LogP contribution in [0.15, 0.2) is 59.6 Å². The summed E-state index contributed by atoms with van der Waals surface area (Å²) >= 11 is 0. The average molecular weight is 437 g/mol. The lowest BCUT2D eigenvalue weighted by Gasteiger charge is -2.21. The molecule has 0 fully saturated rings. The monoisotopic (exact) mass is 437 g/mol. The first-order valence-corrected chi connectivity index (χ1v) is 11.6. The molecule has 0 spiro atoms. The molecule has 3 aromatic rings. The Balaban J connectivity index is 1.41. The van der Waals surface area contributed by atoms with E-state index in [4.69, 9.17) is 5.14 Å². The first kappa shape index (κ1) is 19.8. The number of anilines is 1. The molecular weight excluding hydrogens is 417 g/mol. The summed E-state index contributed by atoms with van der Waals surface area (Å²) in [6.45, 7) is 0.397. The van der Waals surface area contributed by atoms with Crippen LogP contribution < -0.4 is 10.0 Å². The first-order chi connectivity index (χ1) is 14.8. The van der Waals surface area contributed by atoms with Crippen molar-refractivity contribution in [3.8, 4) is 11.3 Å². The zero-order valence-corrected chi connectivity index (χ0v) is 17.4. The molecule has 8 heteroatoms. The number of pyridine rings is 1. The first-order valence-electron chi connectivity index (χ1n) is 10.0. The van der Waals surface area contributed by atoms with Crippen LogP contribution in [0.1, 0.15) is 16.7 Å². The molecule has 0 saturated carbocycles. The minimum absolute atomic E-state index is 0.0821. The lowest BCUT2D eigenvalue weighted by molar-refractivity contribution is -0.122. The van der Waals surface area contributed by atoms with Gasteiger partial charge in [-0.05, 0) is 66.3 Å². The van der Waals surface area contributed by atoms with E-state index in [2.05, 4.69) is 11.1 Å². The second-order valence-electron chi connectivity index (χ2n) is 8.00. The van der Waals surface area contributed by atoms with Crippen LogP contribution in [0.4, 0.5) is 10.1 Å². The van der Waals surface area contributed by atoms with Gasteiger partial charge in [-0.25, -0.2) is 17.9 Å². The number of carbonyl (C=O) groups is 1. The summed E-state index contributed by atoms with van der Waals surface area (Å²) in [6, 6.07) is 14.2. The number of hydrogen-bond acceptors (Lipinski definition) is 4. The Morgan fingerprint density at radius 1 is 1.06 bits per heavy atom. The van der Waals surface area contributed by atoms with Gasteiger partial charge in [0.2, 0.25) is 15.9 Å². The third-order valence-corrected chi connectivity index (χ3v) is 6.98.